The molecule has 0 aliphatic rings. The van der Waals surface area contributed by atoms with Crippen molar-refractivity contribution in [1.29, 1.82) is 0 Å². The van der Waals surface area contributed by atoms with Gasteiger partial charge in [0.1, 0.15) is 12.1 Å². The summed E-state index contributed by atoms with van der Waals surface area (Å²) in [6, 6.07) is 9.08. The SMILES string of the molecule is C[C@H](n1cnc2cc(C(=O)Nc3ccc(OC(F)(F)Cl)cc3)cc(-c3cncnc3)c21)C(C)(C)C. The highest BCUT2D eigenvalue weighted by Gasteiger charge is 2.28. The highest BCUT2D eigenvalue weighted by atomic mass is 35.5. The maximum atomic E-state index is 13.1. The van der Waals surface area contributed by atoms with Gasteiger partial charge < -0.3 is 14.6 Å². The first-order valence-electron chi connectivity index (χ1n) is 10.9. The van der Waals surface area contributed by atoms with Crippen LogP contribution in [0.2, 0.25) is 0 Å². The molecule has 2 heterocycles. The van der Waals surface area contributed by atoms with E-state index in [4.69, 9.17) is 11.6 Å². The average Bonchev–Trinajstić information content (AvgIpc) is 3.22. The molecule has 35 heavy (non-hydrogen) atoms. The highest BCUT2D eigenvalue weighted by Crippen LogP contribution is 2.37. The van der Waals surface area contributed by atoms with Crippen molar-refractivity contribution < 1.29 is 18.3 Å². The minimum absolute atomic E-state index is 0.0303. The first-order chi connectivity index (χ1) is 16.4. The van der Waals surface area contributed by atoms with E-state index in [1.807, 2.05) is 0 Å². The van der Waals surface area contributed by atoms with Gasteiger partial charge in [-0.05, 0) is 48.7 Å². The van der Waals surface area contributed by atoms with Crippen LogP contribution in [0.15, 0.2) is 61.4 Å². The Morgan fingerprint density at radius 2 is 1.77 bits per heavy atom. The van der Waals surface area contributed by atoms with E-state index in [-0.39, 0.29) is 23.1 Å². The number of hydrogen-bond donors (Lipinski definition) is 1. The molecular weight excluding hydrogens is 476 g/mol. The number of amides is 1. The number of ether oxygens (including phenoxy) is 1. The number of alkyl halides is 3. The van der Waals surface area contributed by atoms with Crippen LogP contribution < -0.4 is 10.1 Å². The summed E-state index contributed by atoms with van der Waals surface area (Å²) in [5, 5.41) is 2.76. The number of carbonyl (C=O) groups excluding carboxylic acids is 1. The van der Waals surface area contributed by atoms with E-state index in [0.717, 1.165) is 16.6 Å². The molecule has 0 bridgehead atoms. The van der Waals surface area contributed by atoms with Gasteiger partial charge in [0.25, 0.3) is 5.91 Å². The topological polar surface area (TPSA) is 81.9 Å². The van der Waals surface area contributed by atoms with Crippen LogP contribution in [-0.2, 0) is 0 Å². The van der Waals surface area contributed by atoms with Gasteiger partial charge in [-0.25, -0.2) is 15.0 Å². The van der Waals surface area contributed by atoms with Crippen LogP contribution >= 0.6 is 11.6 Å². The largest absolute Gasteiger partial charge is 0.487 e. The normalized spacial score (nSPS) is 13.0. The van der Waals surface area contributed by atoms with Gasteiger partial charge in [-0.1, -0.05) is 20.8 Å². The number of nitrogens with zero attached hydrogens (tertiary/aromatic N) is 4. The molecule has 0 spiro atoms. The molecule has 0 saturated heterocycles. The standard InChI is InChI=1S/C25H24ClF2N5O2/c1-15(24(2,3)4)33-14-31-21-10-16(9-20(22(21)33)17-11-29-13-30-12-17)23(34)32-18-5-7-19(8-6-18)35-25(26,27)28/h5-15H,1-4H3,(H,32,34)/t15-/m0/s1. The van der Waals surface area contributed by atoms with E-state index in [2.05, 4.69) is 57.3 Å². The van der Waals surface area contributed by atoms with E-state index in [1.54, 1.807) is 30.9 Å². The minimum Gasteiger partial charge on any atom is -0.420 e. The van der Waals surface area contributed by atoms with Gasteiger partial charge >= 0.3 is 5.57 Å². The third-order valence-electron chi connectivity index (χ3n) is 5.82. The van der Waals surface area contributed by atoms with Gasteiger partial charge in [0.15, 0.2) is 0 Å². The number of aromatic nitrogens is 4. The van der Waals surface area contributed by atoms with Crippen molar-refractivity contribution in [3.63, 3.8) is 0 Å². The van der Waals surface area contributed by atoms with Crippen molar-refractivity contribution in [2.45, 2.75) is 39.3 Å². The zero-order valence-electron chi connectivity index (χ0n) is 19.6. The fourth-order valence-corrected chi connectivity index (χ4v) is 3.70. The molecule has 1 atom stereocenters. The molecule has 2 aromatic heterocycles. The molecule has 0 radical (unpaired) electrons. The minimum atomic E-state index is -3.81. The lowest BCUT2D eigenvalue weighted by atomic mass is 9.87. The maximum Gasteiger partial charge on any atom is 0.487 e. The molecule has 0 unspecified atom stereocenters. The number of anilines is 1. The molecule has 0 saturated carbocycles. The summed E-state index contributed by atoms with van der Waals surface area (Å²) in [4.78, 5) is 26.0. The second-order valence-electron chi connectivity index (χ2n) is 9.24. The Labute approximate surface area is 206 Å². The lowest BCUT2D eigenvalue weighted by Crippen LogP contribution is -2.21. The van der Waals surface area contributed by atoms with E-state index in [9.17, 15) is 13.6 Å². The van der Waals surface area contributed by atoms with Gasteiger partial charge in [0, 0.05) is 52.4 Å². The van der Waals surface area contributed by atoms with Crippen molar-refractivity contribution >= 4 is 34.2 Å². The smallest absolute Gasteiger partial charge is 0.420 e. The summed E-state index contributed by atoms with van der Waals surface area (Å²) in [6.45, 7) is 8.59. The Morgan fingerprint density at radius 3 is 2.37 bits per heavy atom. The molecule has 4 aromatic rings. The lowest BCUT2D eigenvalue weighted by Gasteiger charge is -2.29. The molecule has 1 N–H and O–H groups in total. The number of hydrogen-bond acceptors (Lipinski definition) is 5. The Kier molecular flexibility index (Phi) is 6.46. The molecule has 0 aliphatic carbocycles. The van der Waals surface area contributed by atoms with Crippen LogP contribution in [0.4, 0.5) is 14.5 Å². The van der Waals surface area contributed by atoms with Gasteiger partial charge in [-0.2, -0.15) is 0 Å². The van der Waals surface area contributed by atoms with Crippen LogP contribution in [0.3, 0.4) is 0 Å². The molecule has 2 aromatic carbocycles. The Bertz CT molecular complexity index is 1350. The summed E-state index contributed by atoms with van der Waals surface area (Å²) >= 11 is 4.79. The van der Waals surface area contributed by atoms with Gasteiger partial charge in [-0.15, -0.1) is 8.78 Å². The Hall–Kier alpha value is -3.59. The predicted molar refractivity (Wildman–Crippen MR) is 131 cm³/mol. The van der Waals surface area contributed by atoms with E-state index < -0.39 is 5.57 Å². The number of fused-ring (bicyclic) bond motifs is 1. The van der Waals surface area contributed by atoms with Crippen LogP contribution in [0.5, 0.6) is 5.75 Å². The fraction of sp³-hybridized carbons (Fsp3) is 0.280. The molecule has 182 valence electrons. The zero-order chi connectivity index (χ0) is 25.4. The van der Waals surface area contributed by atoms with Crippen LogP contribution in [0.25, 0.3) is 22.2 Å². The number of benzene rings is 2. The van der Waals surface area contributed by atoms with Crippen molar-refractivity contribution in [3.8, 4) is 16.9 Å². The highest BCUT2D eigenvalue weighted by molar-refractivity contribution is 6.20. The van der Waals surface area contributed by atoms with Crippen molar-refractivity contribution in [2.24, 2.45) is 5.41 Å². The van der Waals surface area contributed by atoms with Gasteiger partial charge in [0.2, 0.25) is 0 Å². The number of nitrogens with one attached hydrogen (secondary N) is 1. The Balaban J connectivity index is 1.72. The number of halogens is 3. The Morgan fingerprint density at radius 1 is 1.11 bits per heavy atom. The van der Waals surface area contributed by atoms with Gasteiger partial charge in [-0.3, -0.25) is 4.79 Å². The molecule has 4 rings (SSSR count). The second kappa shape index (κ2) is 9.22. The second-order valence-corrected chi connectivity index (χ2v) is 9.68. The summed E-state index contributed by atoms with van der Waals surface area (Å²) in [5.74, 6) is -0.519. The quantitative estimate of drug-likeness (QED) is 0.305. The molecular formula is C25H24ClF2N5O2. The third kappa shape index (κ3) is 5.57. The van der Waals surface area contributed by atoms with E-state index in [1.165, 1.54) is 30.6 Å². The predicted octanol–water partition coefficient (Wildman–Crippen LogP) is 6.52. The summed E-state index contributed by atoms with van der Waals surface area (Å²) in [6.07, 6.45) is 6.60. The number of carbonyl (C=O) groups is 1. The summed E-state index contributed by atoms with van der Waals surface area (Å²) in [5.41, 5.74) is -0.0193. The van der Waals surface area contributed by atoms with Crippen molar-refractivity contribution in [2.75, 3.05) is 5.32 Å². The third-order valence-corrected chi connectivity index (χ3v) is 5.90. The summed E-state index contributed by atoms with van der Waals surface area (Å²) < 4.78 is 32.0. The number of rotatable bonds is 6. The first-order valence-corrected chi connectivity index (χ1v) is 11.2. The van der Waals surface area contributed by atoms with Gasteiger partial charge in [0.05, 0.1) is 17.4 Å². The molecule has 1 amide bonds. The van der Waals surface area contributed by atoms with Crippen LogP contribution in [0.1, 0.15) is 44.1 Å². The molecule has 0 fully saturated rings. The van der Waals surface area contributed by atoms with E-state index >= 15 is 0 Å². The maximum absolute atomic E-state index is 13.1. The molecule has 7 nitrogen and oxygen atoms in total. The number of imidazole rings is 1. The van der Waals surface area contributed by atoms with Crippen molar-refractivity contribution in [1.82, 2.24) is 19.5 Å². The average molecular weight is 500 g/mol. The lowest BCUT2D eigenvalue weighted by molar-refractivity contribution is -0.0964. The fourth-order valence-electron chi connectivity index (χ4n) is 3.61. The summed E-state index contributed by atoms with van der Waals surface area (Å²) in [7, 11) is 0. The van der Waals surface area contributed by atoms with Crippen LogP contribution in [-0.4, -0.2) is 31.0 Å². The molecule has 0 aliphatic heterocycles. The molecule has 10 heteroatoms. The van der Waals surface area contributed by atoms with E-state index in [0.29, 0.717) is 16.8 Å². The first kappa shape index (κ1) is 24.5. The van der Waals surface area contributed by atoms with Crippen molar-refractivity contribution in [3.05, 3.63) is 67.0 Å². The monoisotopic (exact) mass is 499 g/mol. The zero-order valence-corrected chi connectivity index (χ0v) is 20.3. The van der Waals surface area contributed by atoms with Crippen LogP contribution in [0, 0.1) is 5.41 Å².